The van der Waals surface area contributed by atoms with Crippen LogP contribution in [0.25, 0.3) is 0 Å². The van der Waals surface area contributed by atoms with Crippen molar-refractivity contribution < 1.29 is 28.9 Å². The molecule has 6 nitrogen and oxygen atoms in total. The van der Waals surface area contributed by atoms with Crippen molar-refractivity contribution in [3.63, 3.8) is 0 Å². The molecule has 0 aromatic rings. The molecule has 3 rings (SSSR count). The number of carbonyl (C=O) groups is 2. The van der Waals surface area contributed by atoms with E-state index >= 15 is 0 Å². The number of fused-ring (bicyclic) bond motifs is 5. The molecule has 104 valence electrons. The topological polar surface area (TPSA) is 82.1 Å². The van der Waals surface area contributed by atoms with Crippen LogP contribution in [0.1, 0.15) is 20.3 Å². The summed E-state index contributed by atoms with van der Waals surface area (Å²) in [5.41, 5.74) is 0.391. The minimum absolute atomic E-state index is 0.138. The molecular formula is C13H16O6. The van der Waals surface area contributed by atoms with Crippen LogP contribution in [-0.2, 0) is 23.8 Å². The quantitative estimate of drug-likeness (QED) is 0.743. The van der Waals surface area contributed by atoms with Crippen molar-refractivity contribution in [3.05, 3.63) is 11.1 Å². The molecule has 0 unspecified atom stereocenters. The Hall–Kier alpha value is -1.40. The van der Waals surface area contributed by atoms with E-state index in [-0.39, 0.29) is 35.2 Å². The smallest absolute Gasteiger partial charge is 0.334 e. The van der Waals surface area contributed by atoms with Crippen molar-refractivity contribution in [2.75, 3.05) is 7.11 Å². The summed E-state index contributed by atoms with van der Waals surface area (Å²) in [5.74, 6) is -2.91. The Morgan fingerprint density at radius 2 is 1.74 bits per heavy atom. The van der Waals surface area contributed by atoms with Gasteiger partial charge in [0, 0.05) is 11.8 Å². The van der Waals surface area contributed by atoms with Crippen LogP contribution < -0.4 is 0 Å². The van der Waals surface area contributed by atoms with E-state index in [0.717, 1.165) is 0 Å². The Morgan fingerprint density at radius 3 is 2.21 bits per heavy atom. The van der Waals surface area contributed by atoms with Gasteiger partial charge in [0.15, 0.2) is 5.79 Å². The Balaban J connectivity index is 2.02. The number of carbonyl (C=O) groups excluding carboxylic acids is 1. The number of methoxy groups -OCH3 is 1. The molecule has 6 heteroatoms. The maximum Gasteiger partial charge on any atom is 0.334 e. The fourth-order valence-electron chi connectivity index (χ4n) is 3.59. The SMILES string of the molecule is COC(=O)C1=C(C(=O)O)[C@H]2C[C@@H]1[C@@H]1OC(C)(C)O[C@@H]12. The summed E-state index contributed by atoms with van der Waals surface area (Å²) in [6.45, 7) is 3.59. The maximum atomic E-state index is 11.8. The molecule has 1 N–H and O–H groups in total. The van der Waals surface area contributed by atoms with E-state index in [0.29, 0.717) is 6.42 Å². The minimum atomic E-state index is -1.07. The largest absolute Gasteiger partial charge is 0.478 e. The van der Waals surface area contributed by atoms with Gasteiger partial charge in [-0.2, -0.15) is 0 Å². The summed E-state index contributed by atoms with van der Waals surface area (Å²) >= 11 is 0. The van der Waals surface area contributed by atoms with E-state index in [1.165, 1.54) is 7.11 Å². The first-order valence-corrected chi connectivity index (χ1v) is 6.27. The van der Waals surface area contributed by atoms with Gasteiger partial charge in [-0.15, -0.1) is 0 Å². The van der Waals surface area contributed by atoms with Gasteiger partial charge in [0.2, 0.25) is 0 Å². The van der Waals surface area contributed by atoms with E-state index in [1.807, 2.05) is 0 Å². The Kier molecular flexibility index (Phi) is 2.53. The number of esters is 1. The van der Waals surface area contributed by atoms with Gasteiger partial charge in [0.25, 0.3) is 0 Å². The van der Waals surface area contributed by atoms with E-state index in [4.69, 9.17) is 14.2 Å². The zero-order valence-electron chi connectivity index (χ0n) is 11.0. The lowest BCUT2D eigenvalue weighted by molar-refractivity contribution is -0.158. The molecular weight excluding hydrogens is 252 g/mol. The molecule has 1 saturated carbocycles. The molecule has 2 aliphatic carbocycles. The molecule has 1 aliphatic heterocycles. The first-order chi connectivity index (χ1) is 8.85. The number of rotatable bonds is 2. The van der Waals surface area contributed by atoms with Crippen LogP contribution >= 0.6 is 0 Å². The van der Waals surface area contributed by atoms with Crippen LogP contribution in [0, 0.1) is 11.8 Å². The molecule has 0 aromatic carbocycles. The van der Waals surface area contributed by atoms with Crippen molar-refractivity contribution in [1.29, 1.82) is 0 Å². The molecule has 2 fully saturated rings. The second-order valence-corrected chi connectivity index (χ2v) is 5.64. The fraction of sp³-hybridized carbons (Fsp3) is 0.692. The van der Waals surface area contributed by atoms with Crippen molar-refractivity contribution in [1.82, 2.24) is 0 Å². The Morgan fingerprint density at radius 1 is 1.21 bits per heavy atom. The van der Waals surface area contributed by atoms with Gasteiger partial charge in [-0.1, -0.05) is 0 Å². The molecule has 1 saturated heterocycles. The Labute approximate surface area is 110 Å². The summed E-state index contributed by atoms with van der Waals surface area (Å²) in [6.07, 6.45) is 0.0500. The standard InChI is InChI=1S/C13H16O6/c1-13(2)18-9-5-4-6(10(9)19-13)8(12(16)17-3)7(5)11(14)15/h5-6,9-10H,4H2,1-3H3,(H,14,15)/t5-,6+,9-,10+/m1/s1. The van der Waals surface area contributed by atoms with Crippen LogP contribution in [0.4, 0.5) is 0 Å². The third-order valence-corrected chi connectivity index (χ3v) is 4.13. The first-order valence-electron chi connectivity index (χ1n) is 6.27. The van der Waals surface area contributed by atoms with Crippen LogP contribution in [0.3, 0.4) is 0 Å². The first kappa shape index (κ1) is 12.6. The number of hydrogen-bond acceptors (Lipinski definition) is 5. The fourth-order valence-corrected chi connectivity index (χ4v) is 3.59. The van der Waals surface area contributed by atoms with Gasteiger partial charge in [-0.05, 0) is 20.3 Å². The third-order valence-electron chi connectivity index (χ3n) is 4.13. The molecule has 2 bridgehead atoms. The van der Waals surface area contributed by atoms with Gasteiger partial charge in [0.05, 0.1) is 30.5 Å². The summed E-state index contributed by atoms with van der Waals surface area (Å²) in [5, 5.41) is 9.34. The number of hydrogen-bond donors (Lipinski definition) is 1. The van der Waals surface area contributed by atoms with Gasteiger partial charge in [-0.25, -0.2) is 9.59 Å². The summed E-state index contributed by atoms with van der Waals surface area (Å²) in [6, 6.07) is 0. The lowest BCUT2D eigenvalue weighted by atomic mass is 9.87. The summed E-state index contributed by atoms with van der Waals surface area (Å²) in [4.78, 5) is 23.2. The van der Waals surface area contributed by atoms with Crippen LogP contribution in [0.15, 0.2) is 11.1 Å². The van der Waals surface area contributed by atoms with E-state index in [2.05, 4.69) is 0 Å². The highest BCUT2D eigenvalue weighted by Crippen LogP contribution is 2.55. The molecule has 4 atom stereocenters. The number of ether oxygens (including phenoxy) is 3. The number of carboxylic acid groups (broad SMARTS) is 1. The Bertz CT molecular complexity index is 491. The monoisotopic (exact) mass is 268 g/mol. The molecule has 0 radical (unpaired) electrons. The predicted octanol–water partition coefficient (Wildman–Crippen LogP) is 0.710. The van der Waals surface area contributed by atoms with Gasteiger partial charge < -0.3 is 19.3 Å². The second-order valence-electron chi connectivity index (χ2n) is 5.64. The highest BCUT2D eigenvalue weighted by atomic mass is 16.8. The van der Waals surface area contributed by atoms with Crippen molar-refractivity contribution in [3.8, 4) is 0 Å². The average Bonchev–Trinajstić information content (AvgIpc) is 2.93. The number of aliphatic carboxylic acids is 1. The van der Waals surface area contributed by atoms with Gasteiger partial charge in [-0.3, -0.25) is 0 Å². The highest BCUT2D eigenvalue weighted by Gasteiger charge is 2.62. The zero-order valence-corrected chi connectivity index (χ0v) is 11.0. The number of carboxylic acids is 1. The van der Waals surface area contributed by atoms with Crippen molar-refractivity contribution in [2.24, 2.45) is 11.8 Å². The van der Waals surface area contributed by atoms with E-state index < -0.39 is 17.7 Å². The van der Waals surface area contributed by atoms with Gasteiger partial charge in [0.1, 0.15) is 0 Å². The molecule has 0 amide bonds. The predicted molar refractivity (Wildman–Crippen MR) is 62.1 cm³/mol. The zero-order chi connectivity index (χ0) is 13.9. The van der Waals surface area contributed by atoms with Crippen LogP contribution in [-0.4, -0.2) is 42.1 Å². The molecule has 3 aliphatic rings. The van der Waals surface area contributed by atoms with Crippen molar-refractivity contribution in [2.45, 2.75) is 38.3 Å². The normalized spacial score (nSPS) is 38.5. The molecule has 1 heterocycles. The molecule has 0 aromatic heterocycles. The lowest BCUT2D eigenvalue weighted by Gasteiger charge is -2.24. The van der Waals surface area contributed by atoms with Gasteiger partial charge >= 0.3 is 11.9 Å². The average molecular weight is 268 g/mol. The minimum Gasteiger partial charge on any atom is -0.478 e. The lowest BCUT2D eigenvalue weighted by Crippen LogP contribution is -2.35. The van der Waals surface area contributed by atoms with Crippen LogP contribution in [0.2, 0.25) is 0 Å². The molecule has 19 heavy (non-hydrogen) atoms. The summed E-state index contributed by atoms with van der Waals surface area (Å²) < 4.78 is 16.3. The van der Waals surface area contributed by atoms with Crippen molar-refractivity contribution >= 4 is 11.9 Å². The van der Waals surface area contributed by atoms with Crippen LogP contribution in [0.5, 0.6) is 0 Å². The summed E-state index contributed by atoms with van der Waals surface area (Å²) in [7, 11) is 1.26. The second kappa shape index (κ2) is 3.80. The maximum absolute atomic E-state index is 11.8. The van der Waals surface area contributed by atoms with E-state index in [9.17, 15) is 14.7 Å². The highest BCUT2D eigenvalue weighted by molar-refractivity contribution is 6.02. The van der Waals surface area contributed by atoms with E-state index in [1.54, 1.807) is 13.8 Å². The molecule has 0 spiro atoms. The third kappa shape index (κ3) is 1.63.